The largest absolute Gasteiger partial charge is 0.398 e. The molecule has 0 saturated heterocycles. The topological polar surface area (TPSA) is 63.4 Å². The first-order valence-electron chi connectivity index (χ1n) is 6.88. The number of fused-ring (bicyclic) bond motifs is 1. The summed E-state index contributed by atoms with van der Waals surface area (Å²) in [5.74, 6) is -0.0382. The van der Waals surface area contributed by atoms with E-state index >= 15 is 0 Å². The molecule has 0 aliphatic carbocycles. The van der Waals surface area contributed by atoms with Crippen LogP contribution in [0.25, 0.3) is 0 Å². The molecule has 0 fully saturated rings. The molecule has 3 rings (SSSR count). The van der Waals surface area contributed by atoms with Gasteiger partial charge >= 0.3 is 0 Å². The Bertz CT molecular complexity index is 753. The molecular weight excluding hydrogens is 304 g/mol. The molecule has 0 amide bonds. The van der Waals surface area contributed by atoms with E-state index in [1.165, 1.54) is 4.88 Å². The number of nitrogens with zero attached hydrogens (tertiary/aromatic N) is 1. The minimum atomic E-state index is -3.37. The molecule has 1 aromatic carbocycles. The van der Waals surface area contributed by atoms with Crippen LogP contribution in [0.1, 0.15) is 29.0 Å². The first kappa shape index (κ1) is 14.6. The summed E-state index contributed by atoms with van der Waals surface area (Å²) in [5.41, 5.74) is 8.20. The van der Waals surface area contributed by atoms with Crippen LogP contribution < -0.4 is 5.73 Å². The zero-order valence-electron chi connectivity index (χ0n) is 11.8. The fourth-order valence-electron chi connectivity index (χ4n) is 2.81. The monoisotopic (exact) mass is 322 g/mol. The lowest BCUT2D eigenvalue weighted by molar-refractivity contribution is 0.328. The van der Waals surface area contributed by atoms with Crippen molar-refractivity contribution in [3.8, 4) is 0 Å². The van der Waals surface area contributed by atoms with Crippen molar-refractivity contribution >= 4 is 27.0 Å². The third kappa shape index (κ3) is 2.71. The summed E-state index contributed by atoms with van der Waals surface area (Å²) in [6.07, 6.45) is 0.793. The average molecular weight is 322 g/mol. The lowest BCUT2D eigenvalue weighted by Crippen LogP contribution is -2.39. The molecule has 0 saturated carbocycles. The van der Waals surface area contributed by atoms with Gasteiger partial charge in [0.25, 0.3) is 0 Å². The van der Waals surface area contributed by atoms with Gasteiger partial charge in [-0.2, -0.15) is 4.31 Å². The number of anilines is 1. The maximum Gasteiger partial charge on any atom is 0.218 e. The van der Waals surface area contributed by atoms with Crippen molar-refractivity contribution < 1.29 is 8.42 Å². The standard InChI is InChI=1S/C15H18N2O2S2/c1-11-13-7-9-20-15(13)6-8-17(11)21(18,19)10-12-4-2-3-5-14(12)16/h2-5,7,9,11H,6,8,10,16H2,1H3. The van der Waals surface area contributed by atoms with Gasteiger partial charge in [-0.15, -0.1) is 11.3 Å². The Morgan fingerprint density at radius 1 is 1.33 bits per heavy atom. The van der Waals surface area contributed by atoms with Gasteiger partial charge in [0.15, 0.2) is 0 Å². The normalized spacial score (nSPS) is 19.4. The van der Waals surface area contributed by atoms with Crippen molar-refractivity contribution in [3.63, 3.8) is 0 Å². The van der Waals surface area contributed by atoms with Gasteiger partial charge in [-0.25, -0.2) is 8.42 Å². The second-order valence-electron chi connectivity index (χ2n) is 5.29. The Hall–Kier alpha value is -1.37. The van der Waals surface area contributed by atoms with Gasteiger partial charge in [-0.3, -0.25) is 0 Å². The summed E-state index contributed by atoms with van der Waals surface area (Å²) < 4.78 is 27.1. The highest BCUT2D eigenvalue weighted by molar-refractivity contribution is 7.88. The number of para-hydroxylation sites is 1. The highest BCUT2D eigenvalue weighted by Gasteiger charge is 2.33. The maximum atomic E-state index is 12.7. The van der Waals surface area contributed by atoms with Gasteiger partial charge in [0, 0.05) is 23.2 Å². The maximum absolute atomic E-state index is 12.7. The quantitative estimate of drug-likeness (QED) is 0.884. The molecule has 1 atom stereocenters. The fourth-order valence-corrected chi connectivity index (χ4v) is 5.56. The molecule has 0 spiro atoms. The molecule has 0 bridgehead atoms. The molecule has 1 aliphatic heterocycles. The van der Waals surface area contributed by atoms with Gasteiger partial charge in [0.1, 0.15) is 0 Å². The van der Waals surface area contributed by atoms with Gasteiger partial charge in [-0.05, 0) is 42.0 Å². The molecule has 1 aromatic heterocycles. The molecule has 2 aromatic rings. The highest BCUT2D eigenvalue weighted by atomic mass is 32.2. The van der Waals surface area contributed by atoms with E-state index in [1.54, 1.807) is 27.8 Å². The Kier molecular flexibility index (Phi) is 3.77. The van der Waals surface area contributed by atoms with Crippen LogP contribution in [0.3, 0.4) is 0 Å². The van der Waals surface area contributed by atoms with Gasteiger partial charge in [0.2, 0.25) is 10.0 Å². The van der Waals surface area contributed by atoms with Crippen LogP contribution in [0.4, 0.5) is 5.69 Å². The predicted molar refractivity (Wildman–Crippen MR) is 86.6 cm³/mol. The number of nitrogens with two attached hydrogens (primary N) is 1. The van der Waals surface area contributed by atoms with Crippen LogP contribution in [0.15, 0.2) is 35.7 Å². The molecule has 112 valence electrons. The summed E-state index contributed by atoms with van der Waals surface area (Å²) in [7, 11) is -3.37. The Labute approximate surface area is 129 Å². The average Bonchev–Trinajstić information content (AvgIpc) is 2.90. The van der Waals surface area contributed by atoms with Crippen LogP contribution in [0, 0.1) is 0 Å². The van der Waals surface area contributed by atoms with Crippen molar-refractivity contribution in [2.45, 2.75) is 25.1 Å². The Morgan fingerprint density at radius 2 is 2.10 bits per heavy atom. The molecular formula is C15H18N2O2S2. The van der Waals surface area contributed by atoms with E-state index in [4.69, 9.17) is 5.73 Å². The van der Waals surface area contributed by atoms with Crippen molar-refractivity contribution in [1.29, 1.82) is 0 Å². The van der Waals surface area contributed by atoms with Crippen molar-refractivity contribution in [2.24, 2.45) is 0 Å². The number of sulfonamides is 1. The molecule has 0 radical (unpaired) electrons. The summed E-state index contributed by atoms with van der Waals surface area (Å²) >= 11 is 1.71. The summed E-state index contributed by atoms with van der Waals surface area (Å²) in [4.78, 5) is 1.30. The van der Waals surface area contributed by atoms with Crippen LogP contribution in [-0.2, 0) is 22.2 Å². The number of hydrogen-bond acceptors (Lipinski definition) is 4. The number of thiophene rings is 1. The summed E-state index contributed by atoms with van der Waals surface area (Å²) in [5, 5.41) is 2.03. The lowest BCUT2D eigenvalue weighted by Gasteiger charge is -2.32. The van der Waals surface area contributed by atoms with Crippen LogP contribution in [-0.4, -0.2) is 19.3 Å². The van der Waals surface area contributed by atoms with E-state index in [0.29, 0.717) is 17.8 Å². The minimum Gasteiger partial charge on any atom is -0.398 e. The molecule has 21 heavy (non-hydrogen) atoms. The van der Waals surface area contributed by atoms with Crippen molar-refractivity contribution in [2.75, 3.05) is 12.3 Å². The van der Waals surface area contributed by atoms with E-state index in [9.17, 15) is 8.42 Å². The first-order chi connectivity index (χ1) is 9.99. The second kappa shape index (κ2) is 5.44. The molecule has 1 aliphatic rings. The van der Waals surface area contributed by atoms with Crippen molar-refractivity contribution in [3.05, 3.63) is 51.7 Å². The summed E-state index contributed by atoms with van der Waals surface area (Å²) in [6.45, 7) is 2.50. The molecule has 1 unspecified atom stereocenters. The number of hydrogen-bond donors (Lipinski definition) is 1. The second-order valence-corrected chi connectivity index (χ2v) is 8.21. The summed E-state index contributed by atoms with van der Waals surface area (Å²) in [6, 6.07) is 9.07. The lowest BCUT2D eigenvalue weighted by atomic mass is 10.0. The Balaban J connectivity index is 1.88. The van der Waals surface area contributed by atoms with Gasteiger partial charge < -0.3 is 5.73 Å². The van der Waals surface area contributed by atoms with Crippen LogP contribution in [0.5, 0.6) is 0 Å². The van der Waals surface area contributed by atoms with E-state index in [0.717, 1.165) is 12.0 Å². The number of benzene rings is 1. The predicted octanol–water partition coefficient (Wildman–Crippen LogP) is 2.78. The van der Waals surface area contributed by atoms with Gasteiger partial charge in [0.05, 0.1) is 5.75 Å². The molecule has 2 N–H and O–H groups in total. The SMILES string of the molecule is CC1c2ccsc2CCN1S(=O)(=O)Cc1ccccc1N. The molecule has 2 heterocycles. The number of nitrogen functional groups attached to an aromatic ring is 1. The zero-order chi connectivity index (χ0) is 15.0. The first-order valence-corrected chi connectivity index (χ1v) is 9.37. The third-order valence-electron chi connectivity index (χ3n) is 3.97. The third-order valence-corrected chi connectivity index (χ3v) is 6.86. The molecule has 6 heteroatoms. The minimum absolute atomic E-state index is 0.0382. The van der Waals surface area contributed by atoms with E-state index in [1.807, 2.05) is 30.5 Å². The van der Waals surface area contributed by atoms with E-state index in [2.05, 4.69) is 0 Å². The van der Waals surface area contributed by atoms with Gasteiger partial charge in [-0.1, -0.05) is 18.2 Å². The number of rotatable bonds is 3. The fraction of sp³-hybridized carbons (Fsp3) is 0.333. The Morgan fingerprint density at radius 3 is 2.86 bits per heavy atom. The smallest absolute Gasteiger partial charge is 0.218 e. The van der Waals surface area contributed by atoms with E-state index < -0.39 is 10.0 Å². The zero-order valence-corrected chi connectivity index (χ0v) is 13.5. The highest BCUT2D eigenvalue weighted by Crippen LogP contribution is 2.35. The van der Waals surface area contributed by atoms with E-state index in [-0.39, 0.29) is 11.8 Å². The van der Waals surface area contributed by atoms with Crippen LogP contribution >= 0.6 is 11.3 Å². The molecule has 4 nitrogen and oxygen atoms in total. The van der Waals surface area contributed by atoms with Crippen molar-refractivity contribution in [1.82, 2.24) is 4.31 Å². The van der Waals surface area contributed by atoms with Crippen LogP contribution in [0.2, 0.25) is 0 Å².